The van der Waals surface area contributed by atoms with Crippen LogP contribution in [-0.2, 0) is 6.54 Å². The Morgan fingerprint density at radius 3 is 2.46 bits per heavy atom. The third-order valence-corrected chi connectivity index (χ3v) is 5.33. The van der Waals surface area contributed by atoms with Crippen LogP contribution < -0.4 is 5.32 Å². The predicted molar refractivity (Wildman–Crippen MR) is 107 cm³/mol. The molecule has 5 heteroatoms. The fraction of sp³-hybridized carbons (Fsp3) is 0.474. The number of halogens is 3. The minimum atomic E-state index is 0. The van der Waals surface area contributed by atoms with Gasteiger partial charge in [0.25, 0.3) is 0 Å². The van der Waals surface area contributed by atoms with Gasteiger partial charge in [0.2, 0.25) is 0 Å². The van der Waals surface area contributed by atoms with E-state index < -0.39 is 0 Å². The maximum Gasteiger partial charge on any atom is 0.135 e. The summed E-state index contributed by atoms with van der Waals surface area (Å²) in [7, 11) is 0. The van der Waals surface area contributed by atoms with Crippen molar-refractivity contribution in [1.29, 1.82) is 0 Å². The maximum atomic E-state index is 6.30. The molecule has 24 heavy (non-hydrogen) atoms. The number of benzene rings is 1. The Morgan fingerprint density at radius 2 is 1.75 bits per heavy atom. The number of rotatable bonds is 4. The van der Waals surface area contributed by atoms with Gasteiger partial charge in [-0.1, -0.05) is 59.6 Å². The Balaban J connectivity index is 0.00000208. The summed E-state index contributed by atoms with van der Waals surface area (Å²) in [5, 5.41) is 4.36. The van der Waals surface area contributed by atoms with E-state index in [0.717, 1.165) is 28.1 Å². The lowest BCUT2D eigenvalue weighted by Gasteiger charge is -2.20. The first kappa shape index (κ1) is 19.8. The molecule has 1 fully saturated rings. The Kier molecular flexibility index (Phi) is 8.15. The van der Waals surface area contributed by atoms with Gasteiger partial charge < -0.3 is 9.73 Å². The fourth-order valence-electron chi connectivity index (χ4n) is 3.21. The monoisotopic (exact) mass is 431 g/mol. The van der Waals surface area contributed by atoms with E-state index in [4.69, 9.17) is 16.0 Å². The van der Waals surface area contributed by atoms with E-state index in [1.165, 1.54) is 44.9 Å². The lowest BCUT2D eigenvalue weighted by atomic mass is 9.97. The van der Waals surface area contributed by atoms with Gasteiger partial charge in [0.1, 0.15) is 11.5 Å². The van der Waals surface area contributed by atoms with Gasteiger partial charge in [-0.25, -0.2) is 0 Å². The summed E-state index contributed by atoms with van der Waals surface area (Å²) in [4.78, 5) is 0. The zero-order valence-electron chi connectivity index (χ0n) is 13.7. The number of hydrogen-bond acceptors (Lipinski definition) is 2. The molecule has 0 amide bonds. The second kappa shape index (κ2) is 9.86. The van der Waals surface area contributed by atoms with E-state index in [0.29, 0.717) is 11.1 Å². The SMILES string of the molecule is Cl.Clc1cc(Br)ccc1-c1ccc(CNC2CCCCCCC2)o1. The van der Waals surface area contributed by atoms with Crippen LogP contribution in [0.3, 0.4) is 0 Å². The minimum absolute atomic E-state index is 0. The molecule has 0 unspecified atom stereocenters. The first-order valence-electron chi connectivity index (χ1n) is 8.50. The summed E-state index contributed by atoms with van der Waals surface area (Å²) in [6.45, 7) is 0.790. The molecule has 2 nitrogen and oxygen atoms in total. The number of furan rings is 1. The van der Waals surface area contributed by atoms with Gasteiger partial charge in [-0.3, -0.25) is 0 Å². The summed E-state index contributed by atoms with van der Waals surface area (Å²) < 4.78 is 6.95. The van der Waals surface area contributed by atoms with Crippen molar-refractivity contribution in [2.45, 2.75) is 57.5 Å². The predicted octanol–water partition coefficient (Wildman–Crippen LogP) is 6.99. The highest BCUT2D eigenvalue weighted by atomic mass is 79.9. The molecule has 0 radical (unpaired) electrons. The molecule has 0 bridgehead atoms. The first-order valence-corrected chi connectivity index (χ1v) is 9.67. The normalized spacial score (nSPS) is 16.2. The van der Waals surface area contributed by atoms with Crippen LogP contribution in [0.15, 0.2) is 39.2 Å². The van der Waals surface area contributed by atoms with Gasteiger partial charge in [0.05, 0.1) is 11.6 Å². The molecule has 0 atom stereocenters. The molecule has 1 aliphatic rings. The van der Waals surface area contributed by atoms with Crippen molar-refractivity contribution in [2.24, 2.45) is 0 Å². The zero-order valence-corrected chi connectivity index (χ0v) is 16.9. The topological polar surface area (TPSA) is 25.2 Å². The van der Waals surface area contributed by atoms with Gasteiger partial charge in [-0.05, 0) is 43.2 Å². The summed E-state index contributed by atoms with van der Waals surface area (Å²) >= 11 is 9.73. The first-order chi connectivity index (χ1) is 11.2. The van der Waals surface area contributed by atoms with Gasteiger partial charge in [0, 0.05) is 16.1 Å². The van der Waals surface area contributed by atoms with E-state index in [2.05, 4.69) is 21.2 Å². The molecular weight excluding hydrogens is 409 g/mol. The van der Waals surface area contributed by atoms with Gasteiger partial charge in [-0.2, -0.15) is 0 Å². The van der Waals surface area contributed by atoms with Crippen LogP contribution in [0, 0.1) is 0 Å². The van der Waals surface area contributed by atoms with Crippen molar-refractivity contribution < 1.29 is 4.42 Å². The number of nitrogens with one attached hydrogen (secondary N) is 1. The fourth-order valence-corrected chi connectivity index (χ4v) is 3.98. The largest absolute Gasteiger partial charge is 0.460 e. The molecular formula is C19H24BrCl2NO. The third kappa shape index (κ3) is 5.52. The Morgan fingerprint density at radius 1 is 1.04 bits per heavy atom. The van der Waals surface area contributed by atoms with E-state index in [1.54, 1.807) is 0 Å². The second-order valence-corrected chi connectivity index (χ2v) is 7.64. The smallest absolute Gasteiger partial charge is 0.135 e. The summed E-state index contributed by atoms with van der Waals surface area (Å²) in [6.07, 6.45) is 9.42. The van der Waals surface area contributed by atoms with E-state index in [9.17, 15) is 0 Å². The average Bonchev–Trinajstić information content (AvgIpc) is 2.94. The maximum absolute atomic E-state index is 6.30. The van der Waals surface area contributed by atoms with Crippen LogP contribution in [0.1, 0.15) is 50.7 Å². The summed E-state index contributed by atoms with van der Waals surface area (Å²) in [5.74, 6) is 1.80. The van der Waals surface area contributed by atoms with E-state index in [-0.39, 0.29) is 12.4 Å². The lowest BCUT2D eigenvalue weighted by molar-refractivity contribution is 0.373. The molecule has 2 aromatic rings. The molecule has 1 aliphatic carbocycles. The highest BCUT2D eigenvalue weighted by Gasteiger charge is 2.13. The highest BCUT2D eigenvalue weighted by molar-refractivity contribution is 9.10. The molecule has 1 heterocycles. The van der Waals surface area contributed by atoms with Crippen molar-refractivity contribution in [3.8, 4) is 11.3 Å². The zero-order chi connectivity index (χ0) is 16.1. The second-order valence-electron chi connectivity index (χ2n) is 6.31. The molecule has 0 aliphatic heterocycles. The highest BCUT2D eigenvalue weighted by Crippen LogP contribution is 2.31. The summed E-state index contributed by atoms with van der Waals surface area (Å²) in [5.41, 5.74) is 0.937. The minimum Gasteiger partial charge on any atom is -0.460 e. The molecule has 1 aromatic carbocycles. The van der Waals surface area contributed by atoms with E-state index >= 15 is 0 Å². The Hall–Kier alpha value is -0.480. The van der Waals surface area contributed by atoms with Crippen LogP contribution in [0.5, 0.6) is 0 Å². The molecule has 0 saturated heterocycles. The molecule has 1 N–H and O–H groups in total. The Bertz CT molecular complexity index is 636. The van der Waals surface area contributed by atoms with Crippen LogP contribution >= 0.6 is 39.9 Å². The average molecular weight is 433 g/mol. The van der Waals surface area contributed by atoms with Crippen molar-refractivity contribution in [1.82, 2.24) is 5.32 Å². The van der Waals surface area contributed by atoms with Crippen molar-refractivity contribution in [3.05, 3.63) is 45.6 Å². The quantitative estimate of drug-likeness (QED) is 0.563. The molecule has 3 rings (SSSR count). The Labute approximate surface area is 163 Å². The van der Waals surface area contributed by atoms with Crippen LogP contribution in [0.25, 0.3) is 11.3 Å². The van der Waals surface area contributed by atoms with E-state index in [1.807, 2.05) is 30.3 Å². The molecule has 132 valence electrons. The summed E-state index contributed by atoms with van der Waals surface area (Å²) in [6, 6.07) is 10.5. The van der Waals surface area contributed by atoms with Crippen molar-refractivity contribution in [3.63, 3.8) is 0 Å². The van der Waals surface area contributed by atoms with Gasteiger partial charge >= 0.3 is 0 Å². The third-order valence-electron chi connectivity index (χ3n) is 4.53. The number of hydrogen-bond donors (Lipinski definition) is 1. The van der Waals surface area contributed by atoms with Crippen LogP contribution in [-0.4, -0.2) is 6.04 Å². The van der Waals surface area contributed by atoms with Crippen LogP contribution in [0.4, 0.5) is 0 Å². The van der Waals surface area contributed by atoms with Crippen LogP contribution in [0.2, 0.25) is 5.02 Å². The molecule has 1 aromatic heterocycles. The van der Waals surface area contributed by atoms with Crippen molar-refractivity contribution in [2.75, 3.05) is 0 Å². The molecule has 1 saturated carbocycles. The standard InChI is InChI=1S/C19H23BrClNO.ClH/c20-14-8-10-17(18(21)12-14)19-11-9-16(23-19)13-22-15-6-4-2-1-3-5-7-15;/h8-12,15,22H,1-7,13H2;1H. The van der Waals surface area contributed by atoms with Gasteiger partial charge in [0.15, 0.2) is 0 Å². The van der Waals surface area contributed by atoms with Crippen molar-refractivity contribution >= 4 is 39.9 Å². The molecule has 0 spiro atoms. The lowest BCUT2D eigenvalue weighted by Crippen LogP contribution is -2.29. The van der Waals surface area contributed by atoms with Gasteiger partial charge in [-0.15, -0.1) is 12.4 Å².